The van der Waals surface area contributed by atoms with Gasteiger partial charge in [-0.15, -0.1) is 0 Å². The van der Waals surface area contributed by atoms with Crippen LogP contribution in [0, 0.1) is 13.8 Å². The number of aromatic nitrogens is 1. The van der Waals surface area contributed by atoms with Gasteiger partial charge < -0.3 is 9.72 Å². The molecule has 0 bridgehead atoms. The molecule has 2 N–H and O–H groups in total. The average Bonchev–Trinajstić information content (AvgIpc) is 2.88. The van der Waals surface area contributed by atoms with E-state index < -0.39 is 16.0 Å². The van der Waals surface area contributed by atoms with Gasteiger partial charge in [0.2, 0.25) is 0 Å². The highest BCUT2D eigenvalue weighted by atomic mass is 79.9. The summed E-state index contributed by atoms with van der Waals surface area (Å²) in [6.45, 7) is 7.17. The minimum Gasteiger partial charge on any atom is -0.462 e. The third kappa shape index (κ3) is 4.34. The Hall–Kier alpha value is -2.13. The molecule has 7 nitrogen and oxygen atoms in total. The van der Waals surface area contributed by atoms with Crippen LogP contribution in [-0.2, 0) is 14.8 Å². The summed E-state index contributed by atoms with van der Waals surface area (Å²) in [5.41, 5.74) is 2.71. The van der Waals surface area contributed by atoms with Gasteiger partial charge in [-0.05, 0) is 57.5 Å². The Morgan fingerprint density at radius 1 is 1.27 bits per heavy atom. The molecule has 140 valence electrons. The summed E-state index contributed by atoms with van der Waals surface area (Å²) in [4.78, 5) is 17.4. The lowest BCUT2D eigenvalue weighted by molar-refractivity contribution is 0.0525. The van der Waals surface area contributed by atoms with Crippen molar-refractivity contribution in [1.29, 1.82) is 0 Å². The Bertz CT molecular complexity index is 947. The van der Waals surface area contributed by atoms with Crippen molar-refractivity contribution in [3.8, 4) is 0 Å². The number of ether oxygens (including phenoxy) is 1. The fourth-order valence-electron chi connectivity index (χ4n) is 2.47. The molecule has 0 fully saturated rings. The van der Waals surface area contributed by atoms with Gasteiger partial charge in [-0.25, -0.2) is 4.79 Å². The van der Waals surface area contributed by atoms with E-state index in [9.17, 15) is 13.2 Å². The summed E-state index contributed by atoms with van der Waals surface area (Å²) >= 11 is 3.26. The number of nitrogens with one attached hydrogen (secondary N) is 2. The molecule has 2 rings (SSSR count). The quantitative estimate of drug-likeness (QED) is 0.407. The highest BCUT2D eigenvalue weighted by molar-refractivity contribution is 9.10. The van der Waals surface area contributed by atoms with Gasteiger partial charge in [0, 0.05) is 10.2 Å². The predicted molar refractivity (Wildman–Crippen MR) is 103 cm³/mol. The summed E-state index contributed by atoms with van der Waals surface area (Å²) in [5.74, 6) is -0.423. The van der Waals surface area contributed by atoms with Crippen LogP contribution in [0.25, 0.3) is 0 Å². The van der Waals surface area contributed by atoms with Gasteiger partial charge in [0.1, 0.15) is 0 Å². The number of esters is 1. The number of sulfonamides is 1. The fraction of sp³-hybridized carbons (Fsp3) is 0.294. The van der Waals surface area contributed by atoms with E-state index in [1.54, 1.807) is 39.8 Å². The Kier molecular flexibility index (Phi) is 6.25. The van der Waals surface area contributed by atoms with Crippen LogP contribution in [-0.4, -0.2) is 31.7 Å². The fourth-order valence-corrected chi connectivity index (χ4v) is 3.59. The first-order valence-electron chi connectivity index (χ1n) is 7.85. The molecular formula is C17H20BrN3O4S. The molecule has 0 aliphatic rings. The first-order chi connectivity index (χ1) is 12.2. The second kappa shape index (κ2) is 8.05. The van der Waals surface area contributed by atoms with Crippen LogP contribution < -0.4 is 4.83 Å². The molecule has 26 heavy (non-hydrogen) atoms. The van der Waals surface area contributed by atoms with Gasteiger partial charge >= 0.3 is 5.97 Å². The van der Waals surface area contributed by atoms with Crippen LogP contribution >= 0.6 is 15.9 Å². The maximum atomic E-state index is 12.3. The van der Waals surface area contributed by atoms with Crippen molar-refractivity contribution in [2.75, 3.05) is 6.61 Å². The number of carbonyl (C=O) groups is 1. The molecule has 0 aliphatic carbocycles. The van der Waals surface area contributed by atoms with E-state index >= 15 is 0 Å². The van der Waals surface area contributed by atoms with Crippen molar-refractivity contribution >= 4 is 37.6 Å². The van der Waals surface area contributed by atoms with Crippen molar-refractivity contribution in [3.05, 3.63) is 51.3 Å². The molecule has 1 heterocycles. The summed E-state index contributed by atoms with van der Waals surface area (Å²) in [6.07, 6.45) is 0. The van der Waals surface area contributed by atoms with Crippen LogP contribution in [0.4, 0.5) is 0 Å². The van der Waals surface area contributed by atoms with Crippen LogP contribution in [0.5, 0.6) is 0 Å². The number of hydrogen-bond donors (Lipinski definition) is 2. The van der Waals surface area contributed by atoms with Gasteiger partial charge in [0.25, 0.3) is 10.0 Å². The molecule has 0 saturated heterocycles. The number of hydrogen-bond acceptors (Lipinski definition) is 5. The van der Waals surface area contributed by atoms with E-state index in [1.807, 2.05) is 0 Å². The second-order valence-corrected chi connectivity index (χ2v) is 8.17. The lowest BCUT2D eigenvalue weighted by Gasteiger charge is -2.06. The highest BCUT2D eigenvalue weighted by Gasteiger charge is 2.21. The Labute approximate surface area is 161 Å². The van der Waals surface area contributed by atoms with Crippen molar-refractivity contribution in [1.82, 2.24) is 9.82 Å². The predicted octanol–water partition coefficient (Wildman–Crippen LogP) is 3.27. The van der Waals surface area contributed by atoms with E-state index in [1.165, 1.54) is 12.1 Å². The zero-order chi connectivity index (χ0) is 19.5. The number of H-pyrrole nitrogens is 1. The number of aromatic amines is 1. The van der Waals surface area contributed by atoms with Crippen molar-refractivity contribution in [3.63, 3.8) is 0 Å². The summed E-state index contributed by atoms with van der Waals surface area (Å²) in [6, 6.07) is 6.21. The Morgan fingerprint density at radius 3 is 2.46 bits per heavy atom. The number of aryl methyl sites for hydroxylation is 1. The number of hydrazone groups is 1. The third-order valence-corrected chi connectivity index (χ3v) is 5.49. The van der Waals surface area contributed by atoms with Crippen molar-refractivity contribution < 1.29 is 17.9 Å². The average molecular weight is 442 g/mol. The monoisotopic (exact) mass is 441 g/mol. The molecule has 1 aromatic carbocycles. The number of nitrogens with zero attached hydrogens (tertiary/aromatic N) is 1. The van der Waals surface area contributed by atoms with Crippen LogP contribution in [0.3, 0.4) is 0 Å². The maximum Gasteiger partial charge on any atom is 0.340 e. The molecule has 0 atom stereocenters. The maximum absolute atomic E-state index is 12.3. The van der Waals surface area contributed by atoms with E-state index in [2.05, 4.69) is 30.8 Å². The summed E-state index contributed by atoms with van der Waals surface area (Å²) < 4.78 is 30.5. The van der Waals surface area contributed by atoms with Crippen LogP contribution in [0.2, 0.25) is 0 Å². The molecule has 2 aromatic rings. The van der Waals surface area contributed by atoms with Crippen molar-refractivity contribution in [2.24, 2.45) is 5.10 Å². The normalized spacial score (nSPS) is 12.1. The molecular weight excluding hydrogens is 422 g/mol. The van der Waals surface area contributed by atoms with Crippen LogP contribution in [0.15, 0.2) is 38.7 Å². The molecule has 0 spiro atoms. The first-order valence-corrected chi connectivity index (χ1v) is 10.1. The van der Waals surface area contributed by atoms with Gasteiger partial charge in [0.15, 0.2) is 0 Å². The standard InChI is InChI=1S/C17H20BrN3O4S/c1-5-25-17(22)15-10(2)16(19-11(15)3)12(4)20-21-26(23,24)14-8-6-13(18)7-9-14/h6-9,19,21H,5H2,1-4H3. The minimum atomic E-state index is -3.79. The van der Waals surface area contributed by atoms with E-state index in [0.717, 1.165) is 4.47 Å². The van der Waals surface area contributed by atoms with Crippen LogP contribution in [0.1, 0.15) is 41.2 Å². The molecule has 0 saturated carbocycles. The van der Waals surface area contributed by atoms with Gasteiger partial charge in [-0.3, -0.25) is 0 Å². The van der Waals surface area contributed by atoms with Gasteiger partial charge in [-0.2, -0.15) is 18.4 Å². The SMILES string of the molecule is CCOC(=O)c1c(C)[nH]c(C(C)=NNS(=O)(=O)c2ccc(Br)cc2)c1C. The first kappa shape index (κ1) is 20.2. The second-order valence-electron chi connectivity index (χ2n) is 5.59. The van der Waals surface area contributed by atoms with E-state index in [4.69, 9.17) is 4.74 Å². The largest absolute Gasteiger partial charge is 0.462 e. The molecule has 9 heteroatoms. The van der Waals surface area contributed by atoms with Crippen molar-refractivity contribution in [2.45, 2.75) is 32.6 Å². The third-order valence-electron chi connectivity index (χ3n) is 3.74. The Balaban J connectivity index is 2.29. The van der Waals surface area contributed by atoms with Gasteiger partial charge in [-0.1, -0.05) is 15.9 Å². The summed E-state index contributed by atoms with van der Waals surface area (Å²) in [7, 11) is -3.79. The molecule has 0 unspecified atom stereocenters. The van der Waals surface area contributed by atoms with E-state index in [0.29, 0.717) is 28.2 Å². The molecule has 0 radical (unpaired) electrons. The molecule has 0 aliphatic heterocycles. The van der Waals surface area contributed by atoms with Gasteiger partial charge in [0.05, 0.1) is 28.5 Å². The number of halogens is 1. The zero-order valence-electron chi connectivity index (χ0n) is 14.9. The lowest BCUT2D eigenvalue weighted by Crippen LogP contribution is -2.20. The van der Waals surface area contributed by atoms with E-state index in [-0.39, 0.29) is 11.5 Å². The number of benzene rings is 1. The summed E-state index contributed by atoms with van der Waals surface area (Å²) in [5, 5.41) is 3.97. The number of rotatable bonds is 6. The molecule has 1 aromatic heterocycles. The zero-order valence-corrected chi connectivity index (χ0v) is 17.3. The topological polar surface area (TPSA) is 101 Å². The smallest absolute Gasteiger partial charge is 0.340 e. The molecule has 0 amide bonds. The minimum absolute atomic E-state index is 0.101. The highest BCUT2D eigenvalue weighted by Crippen LogP contribution is 2.20. The Morgan fingerprint density at radius 2 is 1.88 bits per heavy atom. The number of carbonyl (C=O) groups excluding carboxylic acids is 1. The lowest BCUT2D eigenvalue weighted by atomic mass is 10.1.